The first kappa shape index (κ1) is 22.9. The lowest BCUT2D eigenvalue weighted by molar-refractivity contribution is -0.127. The van der Waals surface area contributed by atoms with E-state index in [2.05, 4.69) is 16.2 Å². The summed E-state index contributed by atoms with van der Waals surface area (Å²) in [6.45, 7) is 1.66. The van der Waals surface area contributed by atoms with Crippen molar-refractivity contribution in [2.75, 3.05) is 19.5 Å². The SMILES string of the molecule is COc1ccc(NC(=S)NNC(=O)C(C)Oc2ccc(-c3ccccc3)cc2)cc1OC. The number of benzene rings is 3. The van der Waals surface area contributed by atoms with Gasteiger partial charge in [-0.2, -0.15) is 0 Å². The van der Waals surface area contributed by atoms with Gasteiger partial charge in [-0.25, -0.2) is 0 Å². The standard InChI is InChI=1S/C24H25N3O4S/c1-16(31-20-12-9-18(10-13-20)17-7-5-4-6-8-17)23(28)26-27-24(32)25-19-11-14-21(29-2)22(15-19)30-3/h4-16H,1-3H3,(H,26,28)(H2,25,27,32). The first-order valence-electron chi connectivity index (χ1n) is 9.91. The van der Waals surface area contributed by atoms with E-state index < -0.39 is 6.10 Å². The van der Waals surface area contributed by atoms with Crippen LogP contribution in [0.2, 0.25) is 0 Å². The Hall–Kier alpha value is -3.78. The molecule has 1 atom stereocenters. The van der Waals surface area contributed by atoms with E-state index in [4.69, 9.17) is 26.4 Å². The Kier molecular flexibility index (Phi) is 7.88. The predicted molar refractivity (Wildman–Crippen MR) is 129 cm³/mol. The van der Waals surface area contributed by atoms with Gasteiger partial charge in [0.25, 0.3) is 5.91 Å². The molecule has 3 rings (SSSR count). The maximum Gasteiger partial charge on any atom is 0.279 e. The van der Waals surface area contributed by atoms with Crippen molar-refractivity contribution < 1.29 is 19.0 Å². The number of carbonyl (C=O) groups is 1. The van der Waals surface area contributed by atoms with Crippen LogP contribution in [0.5, 0.6) is 17.2 Å². The normalized spacial score (nSPS) is 11.1. The van der Waals surface area contributed by atoms with Gasteiger partial charge >= 0.3 is 0 Å². The van der Waals surface area contributed by atoms with Crippen molar-refractivity contribution in [3.05, 3.63) is 72.8 Å². The molecule has 8 heteroatoms. The highest BCUT2D eigenvalue weighted by Crippen LogP contribution is 2.29. The summed E-state index contributed by atoms with van der Waals surface area (Å²) >= 11 is 5.22. The van der Waals surface area contributed by atoms with Gasteiger partial charge < -0.3 is 19.5 Å². The van der Waals surface area contributed by atoms with E-state index in [0.29, 0.717) is 22.9 Å². The molecule has 3 N–H and O–H groups in total. The van der Waals surface area contributed by atoms with E-state index in [0.717, 1.165) is 11.1 Å². The van der Waals surface area contributed by atoms with Gasteiger partial charge in [0.1, 0.15) is 5.75 Å². The summed E-state index contributed by atoms with van der Waals surface area (Å²) in [5.74, 6) is 1.39. The van der Waals surface area contributed by atoms with E-state index in [-0.39, 0.29) is 11.0 Å². The van der Waals surface area contributed by atoms with Crippen LogP contribution in [0, 0.1) is 0 Å². The van der Waals surface area contributed by atoms with E-state index in [1.807, 2.05) is 54.6 Å². The van der Waals surface area contributed by atoms with Crippen LogP contribution in [0.4, 0.5) is 5.69 Å². The molecule has 0 fully saturated rings. The Morgan fingerprint density at radius 1 is 0.844 bits per heavy atom. The number of ether oxygens (including phenoxy) is 3. The quantitative estimate of drug-likeness (QED) is 0.368. The van der Waals surface area contributed by atoms with E-state index in [9.17, 15) is 4.79 Å². The second kappa shape index (κ2) is 11.0. The van der Waals surface area contributed by atoms with Crippen molar-refractivity contribution in [3.8, 4) is 28.4 Å². The lowest BCUT2D eigenvalue weighted by Crippen LogP contribution is -2.48. The Balaban J connectivity index is 1.48. The van der Waals surface area contributed by atoms with Crippen molar-refractivity contribution >= 4 is 28.9 Å². The van der Waals surface area contributed by atoms with Crippen LogP contribution in [-0.4, -0.2) is 31.3 Å². The van der Waals surface area contributed by atoms with Gasteiger partial charge in [-0.05, 0) is 54.5 Å². The lowest BCUT2D eigenvalue weighted by atomic mass is 10.1. The summed E-state index contributed by atoms with van der Waals surface area (Å²) < 4.78 is 16.2. The average molecular weight is 452 g/mol. The molecule has 0 radical (unpaired) electrons. The number of anilines is 1. The fourth-order valence-corrected chi connectivity index (χ4v) is 3.08. The van der Waals surface area contributed by atoms with Crippen LogP contribution in [-0.2, 0) is 4.79 Å². The molecule has 0 aliphatic carbocycles. The number of hydrogen-bond acceptors (Lipinski definition) is 5. The number of carbonyl (C=O) groups excluding carboxylic acids is 1. The molecule has 0 spiro atoms. The molecule has 3 aromatic carbocycles. The summed E-state index contributed by atoms with van der Waals surface area (Å²) in [4.78, 5) is 12.4. The van der Waals surface area contributed by atoms with Crippen LogP contribution in [0.25, 0.3) is 11.1 Å². The Labute approximate surface area is 192 Å². The maximum absolute atomic E-state index is 12.4. The van der Waals surface area contributed by atoms with Crippen LogP contribution in [0.1, 0.15) is 6.92 Å². The molecule has 32 heavy (non-hydrogen) atoms. The van der Waals surface area contributed by atoms with Gasteiger partial charge in [0.2, 0.25) is 0 Å². The number of methoxy groups -OCH3 is 2. The van der Waals surface area contributed by atoms with Crippen LogP contribution >= 0.6 is 12.2 Å². The van der Waals surface area contributed by atoms with E-state index >= 15 is 0 Å². The molecule has 0 heterocycles. The van der Waals surface area contributed by atoms with Crippen LogP contribution < -0.4 is 30.4 Å². The smallest absolute Gasteiger partial charge is 0.279 e. The summed E-state index contributed by atoms with van der Waals surface area (Å²) in [6.07, 6.45) is -0.728. The van der Waals surface area contributed by atoms with Crippen LogP contribution in [0.3, 0.4) is 0 Å². The summed E-state index contributed by atoms with van der Waals surface area (Å²) in [5, 5.41) is 3.18. The average Bonchev–Trinajstić information content (AvgIpc) is 2.83. The minimum absolute atomic E-state index is 0.213. The second-order valence-electron chi connectivity index (χ2n) is 6.79. The highest BCUT2D eigenvalue weighted by molar-refractivity contribution is 7.80. The number of nitrogens with one attached hydrogen (secondary N) is 3. The highest BCUT2D eigenvalue weighted by atomic mass is 32.1. The molecule has 0 saturated carbocycles. The van der Waals surface area contributed by atoms with Crippen molar-refractivity contribution in [2.24, 2.45) is 0 Å². The van der Waals surface area contributed by atoms with Gasteiger partial charge in [-0.3, -0.25) is 15.6 Å². The van der Waals surface area contributed by atoms with Gasteiger partial charge in [0.05, 0.1) is 14.2 Å². The largest absolute Gasteiger partial charge is 0.493 e. The van der Waals surface area contributed by atoms with E-state index in [1.165, 1.54) is 0 Å². The number of rotatable bonds is 7. The zero-order chi connectivity index (χ0) is 22.9. The monoisotopic (exact) mass is 451 g/mol. The molecule has 1 amide bonds. The maximum atomic E-state index is 12.4. The third kappa shape index (κ3) is 6.12. The molecular formula is C24H25N3O4S. The summed E-state index contributed by atoms with van der Waals surface area (Å²) in [5.41, 5.74) is 8.07. The van der Waals surface area contributed by atoms with Crippen LogP contribution in [0.15, 0.2) is 72.8 Å². The van der Waals surface area contributed by atoms with Crippen molar-refractivity contribution in [1.82, 2.24) is 10.9 Å². The third-order valence-corrected chi connectivity index (χ3v) is 4.79. The Morgan fingerprint density at radius 2 is 1.50 bits per heavy atom. The Morgan fingerprint density at radius 3 is 2.16 bits per heavy atom. The highest BCUT2D eigenvalue weighted by Gasteiger charge is 2.15. The van der Waals surface area contributed by atoms with Gasteiger partial charge in [0, 0.05) is 11.8 Å². The predicted octanol–water partition coefficient (Wildman–Crippen LogP) is 4.16. The molecule has 0 aromatic heterocycles. The summed E-state index contributed by atoms with van der Waals surface area (Å²) in [7, 11) is 3.11. The fraction of sp³-hybridized carbons (Fsp3) is 0.167. The second-order valence-corrected chi connectivity index (χ2v) is 7.20. The van der Waals surface area contributed by atoms with Gasteiger partial charge in [-0.15, -0.1) is 0 Å². The molecule has 7 nitrogen and oxygen atoms in total. The van der Waals surface area contributed by atoms with Crippen molar-refractivity contribution in [2.45, 2.75) is 13.0 Å². The molecule has 0 saturated heterocycles. The number of amides is 1. The summed E-state index contributed by atoms with van der Waals surface area (Å²) in [6, 6.07) is 22.9. The number of hydrogen-bond donors (Lipinski definition) is 3. The topological polar surface area (TPSA) is 80.9 Å². The minimum atomic E-state index is -0.728. The molecule has 3 aromatic rings. The molecule has 0 aliphatic heterocycles. The number of thiocarbonyl (C=S) groups is 1. The zero-order valence-electron chi connectivity index (χ0n) is 18.0. The first-order valence-corrected chi connectivity index (χ1v) is 10.3. The van der Waals surface area contributed by atoms with Crippen molar-refractivity contribution in [1.29, 1.82) is 0 Å². The first-order chi connectivity index (χ1) is 15.5. The zero-order valence-corrected chi connectivity index (χ0v) is 18.9. The molecular weight excluding hydrogens is 426 g/mol. The van der Waals surface area contributed by atoms with Crippen molar-refractivity contribution in [3.63, 3.8) is 0 Å². The third-order valence-electron chi connectivity index (χ3n) is 4.58. The Bertz CT molecular complexity index is 1060. The molecule has 1 unspecified atom stereocenters. The fourth-order valence-electron chi connectivity index (χ4n) is 2.91. The lowest BCUT2D eigenvalue weighted by Gasteiger charge is -2.17. The van der Waals surface area contributed by atoms with E-state index in [1.54, 1.807) is 39.3 Å². The molecule has 0 bridgehead atoms. The number of hydrazine groups is 1. The van der Waals surface area contributed by atoms with Gasteiger partial charge in [-0.1, -0.05) is 42.5 Å². The minimum Gasteiger partial charge on any atom is -0.493 e. The van der Waals surface area contributed by atoms with Gasteiger partial charge in [0.15, 0.2) is 22.7 Å². The molecule has 0 aliphatic rings. The molecule has 166 valence electrons.